The van der Waals surface area contributed by atoms with Crippen molar-refractivity contribution in [2.45, 2.75) is 37.6 Å². The molecule has 4 rings (SSSR count). The average molecular weight is 463 g/mol. The lowest BCUT2D eigenvalue weighted by Crippen LogP contribution is -2.44. The first-order chi connectivity index (χ1) is 13.9. The van der Waals surface area contributed by atoms with Gasteiger partial charge in [0.15, 0.2) is 0 Å². The molecule has 1 unspecified atom stereocenters. The number of nitrogens with one attached hydrogen (secondary N) is 1. The average Bonchev–Trinajstić information content (AvgIpc) is 2.98. The molecule has 1 aromatic carbocycles. The van der Waals surface area contributed by atoms with Gasteiger partial charge in [-0.05, 0) is 42.9 Å². The Morgan fingerprint density at radius 3 is 2.52 bits per heavy atom. The Kier molecular flexibility index (Phi) is 5.33. The van der Waals surface area contributed by atoms with E-state index in [2.05, 4.69) is 21.2 Å². The molecular formula is C20H23BrN4O4. The van der Waals surface area contributed by atoms with Gasteiger partial charge in [-0.25, -0.2) is 4.79 Å². The highest BCUT2D eigenvalue weighted by molar-refractivity contribution is 9.09. The summed E-state index contributed by atoms with van der Waals surface area (Å²) in [7, 11) is 1.70. The summed E-state index contributed by atoms with van der Waals surface area (Å²) in [5.74, 6) is -0.286. The molecule has 3 amide bonds. The summed E-state index contributed by atoms with van der Waals surface area (Å²) in [6.45, 7) is 1.45. The molecule has 2 aliphatic heterocycles. The van der Waals surface area contributed by atoms with Crippen molar-refractivity contribution in [3.8, 4) is 0 Å². The van der Waals surface area contributed by atoms with E-state index in [0.717, 1.165) is 37.0 Å². The number of aromatic nitrogens is 2. The van der Waals surface area contributed by atoms with Crippen LogP contribution in [-0.4, -0.2) is 50.2 Å². The molecule has 0 spiro atoms. The van der Waals surface area contributed by atoms with Crippen molar-refractivity contribution in [1.82, 2.24) is 19.4 Å². The number of amides is 3. The minimum absolute atomic E-state index is 0.114. The fraction of sp³-hybridized carbons (Fsp3) is 0.500. The Morgan fingerprint density at radius 1 is 1.14 bits per heavy atom. The fourth-order valence-corrected chi connectivity index (χ4v) is 4.77. The fourth-order valence-electron chi connectivity index (χ4n) is 4.41. The summed E-state index contributed by atoms with van der Waals surface area (Å²) in [5, 5.41) is 2.67. The number of carbonyl (C=O) groups is 3. The Hall–Kier alpha value is -2.42. The van der Waals surface area contributed by atoms with Gasteiger partial charge in [0.25, 0.3) is 0 Å². The topological polar surface area (TPSA) is 93.4 Å². The molecule has 2 aromatic rings. The summed E-state index contributed by atoms with van der Waals surface area (Å²) in [5.41, 5.74) is 2.35. The lowest BCUT2D eigenvalue weighted by atomic mass is 9.89. The molecule has 2 aliphatic rings. The number of halogens is 1. The number of alkyl halides is 1. The molecule has 0 radical (unpaired) electrons. The Balaban J connectivity index is 1.64. The number of nitrogens with zero attached hydrogens (tertiary/aromatic N) is 3. The maximum Gasteiger partial charge on any atom is 0.329 e. The highest BCUT2D eigenvalue weighted by atomic mass is 79.9. The minimum Gasteiger partial charge on any atom is -0.342 e. The van der Waals surface area contributed by atoms with E-state index in [0.29, 0.717) is 23.2 Å². The summed E-state index contributed by atoms with van der Waals surface area (Å²) in [6, 6.07) is 5.25. The maximum atomic E-state index is 12.9. The van der Waals surface area contributed by atoms with E-state index in [1.165, 1.54) is 4.57 Å². The molecule has 0 bridgehead atoms. The third-order valence-electron chi connectivity index (χ3n) is 6.07. The molecule has 2 saturated heterocycles. The van der Waals surface area contributed by atoms with Crippen LogP contribution in [0.25, 0.3) is 11.0 Å². The molecule has 29 heavy (non-hydrogen) atoms. The van der Waals surface area contributed by atoms with Crippen LogP contribution in [-0.2, 0) is 21.4 Å². The molecular weight excluding hydrogens is 440 g/mol. The van der Waals surface area contributed by atoms with Crippen LogP contribution >= 0.6 is 15.9 Å². The van der Waals surface area contributed by atoms with Gasteiger partial charge < -0.3 is 4.90 Å². The summed E-state index contributed by atoms with van der Waals surface area (Å²) in [4.78, 5) is 50.3. The monoisotopic (exact) mass is 462 g/mol. The highest BCUT2D eigenvalue weighted by Crippen LogP contribution is 2.31. The predicted octanol–water partition coefficient (Wildman–Crippen LogP) is 1.42. The van der Waals surface area contributed by atoms with E-state index in [1.807, 2.05) is 23.1 Å². The maximum absolute atomic E-state index is 12.9. The van der Waals surface area contributed by atoms with Crippen molar-refractivity contribution >= 4 is 44.7 Å². The molecule has 1 aromatic heterocycles. The van der Waals surface area contributed by atoms with Gasteiger partial charge in [-0.1, -0.05) is 22.0 Å². The summed E-state index contributed by atoms with van der Waals surface area (Å²) < 4.78 is 3.06. The van der Waals surface area contributed by atoms with E-state index in [9.17, 15) is 19.2 Å². The van der Waals surface area contributed by atoms with E-state index in [-0.39, 0.29) is 23.9 Å². The first kappa shape index (κ1) is 19.9. The normalized spacial score (nSPS) is 20.9. The first-order valence-corrected chi connectivity index (χ1v) is 10.9. The molecule has 9 heteroatoms. The smallest absolute Gasteiger partial charge is 0.329 e. The lowest BCUT2D eigenvalue weighted by Gasteiger charge is -2.32. The van der Waals surface area contributed by atoms with Crippen LogP contribution in [0.4, 0.5) is 0 Å². The zero-order chi connectivity index (χ0) is 20.7. The summed E-state index contributed by atoms with van der Waals surface area (Å²) >= 11 is 3.22. The van der Waals surface area contributed by atoms with Gasteiger partial charge in [0.1, 0.15) is 6.04 Å². The van der Waals surface area contributed by atoms with E-state index in [1.54, 1.807) is 11.6 Å². The number of fused-ring (bicyclic) bond motifs is 1. The Morgan fingerprint density at radius 2 is 1.86 bits per heavy atom. The third kappa shape index (κ3) is 3.52. The second kappa shape index (κ2) is 7.78. The predicted molar refractivity (Wildman–Crippen MR) is 111 cm³/mol. The van der Waals surface area contributed by atoms with Crippen LogP contribution in [0.3, 0.4) is 0 Å². The molecule has 3 heterocycles. The molecule has 154 valence electrons. The summed E-state index contributed by atoms with van der Waals surface area (Å²) in [6.07, 6.45) is 2.31. The molecule has 1 N–H and O–H groups in total. The largest absolute Gasteiger partial charge is 0.342 e. The number of hydrogen-bond acceptors (Lipinski definition) is 4. The van der Waals surface area contributed by atoms with Crippen LogP contribution in [0.5, 0.6) is 0 Å². The van der Waals surface area contributed by atoms with Gasteiger partial charge in [0.2, 0.25) is 17.7 Å². The SMILES string of the molecule is Cn1c(=O)n(C2CCC(=O)NC2=O)c2ccc(C3CCN(C(=O)CBr)CC3)cc21. The first-order valence-electron chi connectivity index (χ1n) is 9.79. The number of benzene rings is 1. The second-order valence-electron chi connectivity index (χ2n) is 7.72. The minimum atomic E-state index is -0.673. The number of carbonyl (C=O) groups excluding carboxylic acids is 3. The number of piperidine rings is 2. The number of hydrogen-bond donors (Lipinski definition) is 1. The molecule has 2 fully saturated rings. The van der Waals surface area contributed by atoms with Gasteiger partial charge in [0.05, 0.1) is 16.4 Å². The zero-order valence-electron chi connectivity index (χ0n) is 16.2. The van der Waals surface area contributed by atoms with Crippen molar-refractivity contribution in [2.75, 3.05) is 18.4 Å². The number of imide groups is 1. The molecule has 0 saturated carbocycles. The zero-order valence-corrected chi connectivity index (χ0v) is 17.8. The van der Waals surface area contributed by atoms with Crippen LogP contribution in [0.2, 0.25) is 0 Å². The van der Waals surface area contributed by atoms with Crippen molar-refractivity contribution in [1.29, 1.82) is 0 Å². The van der Waals surface area contributed by atoms with Gasteiger partial charge in [0, 0.05) is 26.6 Å². The standard InChI is InChI=1S/C20H23BrN4O4/c1-23-16-10-13(12-6-8-24(9-7-12)18(27)11-21)2-3-14(16)25(20(23)29)15-4-5-17(26)22-19(15)28/h2-3,10,12,15H,4-9,11H2,1H3,(H,22,26,28). The van der Waals surface area contributed by atoms with Crippen LogP contribution in [0.15, 0.2) is 23.0 Å². The van der Waals surface area contributed by atoms with Crippen molar-refractivity contribution < 1.29 is 14.4 Å². The highest BCUT2D eigenvalue weighted by Gasteiger charge is 2.31. The number of likely N-dealkylation sites (tertiary alicyclic amines) is 1. The third-order valence-corrected chi connectivity index (χ3v) is 6.55. The van der Waals surface area contributed by atoms with Crippen molar-refractivity contribution in [2.24, 2.45) is 7.05 Å². The van der Waals surface area contributed by atoms with Crippen LogP contribution < -0.4 is 11.0 Å². The lowest BCUT2D eigenvalue weighted by molar-refractivity contribution is -0.135. The van der Waals surface area contributed by atoms with E-state index < -0.39 is 11.9 Å². The van der Waals surface area contributed by atoms with Gasteiger partial charge in [-0.2, -0.15) is 0 Å². The van der Waals surface area contributed by atoms with Crippen LogP contribution in [0, 0.1) is 0 Å². The van der Waals surface area contributed by atoms with Gasteiger partial charge in [-0.15, -0.1) is 0 Å². The number of aryl methyl sites for hydroxylation is 1. The number of rotatable bonds is 3. The van der Waals surface area contributed by atoms with Crippen molar-refractivity contribution in [3.05, 3.63) is 34.2 Å². The van der Waals surface area contributed by atoms with Crippen LogP contribution in [0.1, 0.15) is 43.2 Å². The van der Waals surface area contributed by atoms with E-state index >= 15 is 0 Å². The molecule has 0 aliphatic carbocycles. The van der Waals surface area contributed by atoms with Crippen molar-refractivity contribution in [3.63, 3.8) is 0 Å². The molecule has 1 atom stereocenters. The quantitative estimate of drug-likeness (QED) is 0.551. The van der Waals surface area contributed by atoms with E-state index in [4.69, 9.17) is 0 Å². The Bertz CT molecular complexity index is 1050. The second-order valence-corrected chi connectivity index (χ2v) is 8.28. The van der Waals surface area contributed by atoms with Gasteiger partial charge in [-0.3, -0.25) is 28.8 Å². The Labute approximate surface area is 176 Å². The van der Waals surface area contributed by atoms with Gasteiger partial charge >= 0.3 is 5.69 Å². The number of imidazole rings is 1. The molecule has 8 nitrogen and oxygen atoms in total.